The summed E-state index contributed by atoms with van der Waals surface area (Å²) in [6.45, 7) is 1.55. The van der Waals surface area contributed by atoms with Crippen molar-refractivity contribution in [1.29, 1.82) is 0 Å². The summed E-state index contributed by atoms with van der Waals surface area (Å²) in [5, 5.41) is 10.8. The SMILES string of the molecule is Cc1c(NS(=O)(=O)c2cccc([N+](=O)[O-])c2)cccc1C(N)=O. The number of carbonyl (C=O) groups excluding carboxylic acids is 1. The number of nitrogens with zero attached hydrogens (tertiary/aromatic N) is 1. The minimum absolute atomic E-state index is 0.174. The molecule has 0 atom stereocenters. The third kappa shape index (κ3) is 3.46. The number of nitrogens with two attached hydrogens (primary N) is 1. The molecule has 0 aliphatic carbocycles. The maximum Gasteiger partial charge on any atom is 0.270 e. The van der Waals surface area contributed by atoms with Crippen LogP contribution in [-0.2, 0) is 10.0 Å². The third-order valence-electron chi connectivity index (χ3n) is 3.18. The Labute approximate surface area is 132 Å². The molecule has 0 aliphatic rings. The van der Waals surface area contributed by atoms with Gasteiger partial charge >= 0.3 is 0 Å². The van der Waals surface area contributed by atoms with Crippen molar-refractivity contribution < 1.29 is 18.1 Å². The van der Waals surface area contributed by atoms with Gasteiger partial charge in [-0.3, -0.25) is 19.6 Å². The van der Waals surface area contributed by atoms with E-state index in [1.165, 1.54) is 36.4 Å². The molecule has 2 aromatic rings. The fourth-order valence-electron chi connectivity index (χ4n) is 1.98. The van der Waals surface area contributed by atoms with E-state index in [2.05, 4.69) is 4.72 Å². The Bertz CT molecular complexity index is 893. The molecule has 0 unspecified atom stereocenters. The first-order valence-electron chi connectivity index (χ1n) is 6.39. The molecule has 120 valence electrons. The predicted molar refractivity (Wildman–Crippen MR) is 83.6 cm³/mol. The van der Waals surface area contributed by atoms with Crippen LogP contribution in [0, 0.1) is 17.0 Å². The zero-order valence-electron chi connectivity index (χ0n) is 12.0. The lowest BCUT2D eigenvalue weighted by atomic mass is 10.1. The summed E-state index contributed by atoms with van der Waals surface area (Å²) in [5.74, 6) is -0.682. The number of nitro benzene ring substituents is 1. The molecule has 0 spiro atoms. The number of rotatable bonds is 5. The highest BCUT2D eigenvalue weighted by Crippen LogP contribution is 2.24. The summed E-state index contributed by atoms with van der Waals surface area (Å²) in [4.78, 5) is 21.1. The van der Waals surface area contributed by atoms with E-state index in [-0.39, 0.29) is 21.8 Å². The number of non-ortho nitro benzene ring substituents is 1. The molecule has 0 saturated heterocycles. The maximum atomic E-state index is 12.4. The molecule has 1 amide bonds. The van der Waals surface area contributed by atoms with Crippen molar-refractivity contribution in [3.05, 3.63) is 63.7 Å². The number of hydrogen-bond donors (Lipinski definition) is 2. The molecule has 0 heterocycles. The van der Waals surface area contributed by atoms with Crippen LogP contribution in [0.2, 0.25) is 0 Å². The smallest absolute Gasteiger partial charge is 0.270 e. The monoisotopic (exact) mass is 335 g/mol. The second-order valence-corrected chi connectivity index (χ2v) is 6.38. The van der Waals surface area contributed by atoms with E-state index in [4.69, 9.17) is 5.73 Å². The number of nitrogens with one attached hydrogen (secondary N) is 1. The van der Waals surface area contributed by atoms with Crippen LogP contribution in [0.1, 0.15) is 15.9 Å². The van der Waals surface area contributed by atoms with Crippen LogP contribution >= 0.6 is 0 Å². The van der Waals surface area contributed by atoms with Crippen molar-refractivity contribution in [2.24, 2.45) is 5.73 Å². The number of primary amides is 1. The van der Waals surface area contributed by atoms with Crippen molar-refractivity contribution in [2.75, 3.05) is 4.72 Å². The summed E-state index contributed by atoms with van der Waals surface area (Å²) in [6, 6.07) is 9.09. The molecule has 2 rings (SSSR count). The predicted octanol–water partition coefficient (Wildman–Crippen LogP) is 1.80. The van der Waals surface area contributed by atoms with Gasteiger partial charge in [0.25, 0.3) is 15.7 Å². The Balaban J connectivity index is 2.43. The van der Waals surface area contributed by atoms with Gasteiger partial charge in [0, 0.05) is 17.7 Å². The summed E-state index contributed by atoms with van der Waals surface area (Å²) >= 11 is 0. The highest BCUT2D eigenvalue weighted by Gasteiger charge is 2.19. The highest BCUT2D eigenvalue weighted by atomic mass is 32.2. The first-order valence-corrected chi connectivity index (χ1v) is 7.87. The number of nitro groups is 1. The topological polar surface area (TPSA) is 132 Å². The van der Waals surface area contributed by atoms with Crippen LogP contribution in [0.4, 0.5) is 11.4 Å². The summed E-state index contributed by atoms with van der Waals surface area (Å²) in [6.07, 6.45) is 0. The number of hydrogen-bond acceptors (Lipinski definition) is 5. The van der Waals surface area contributed by atoms with Crippen molar-refractivity contribution >= 4 is 27.3 Å². The lowest BCUT2D eigenvalue weighted by Crippen LogP contribution is -2.17. The van der Waals surface area contributed by atoms with Crippen LogP contribution in [0.5, 0.6) is 0 Å². The van der Waals surface area contributed by atoms with E-state index >= 15 is 0 Å². The number of amides is 1. The number of benzene rings is 2. The van der Waals surface area contributed by atoms with Gasteiger partial charge in [0.2, 0.25) is 5.91 Å². The molecule has 0 bridgehead atoms. The van der Waals surface area contributed by atoms with Crippen LogP contribution in [0.25, 0.3) is 0 Å². The fourth-order valence-corrected chi connectivity index (χ4v) is 3.14. The fraction of sp³-hybridized carbons (Fsp3) is 0.0714. The second-order valence-electron chi connectivity index (χ2n) is 4.70. The second kappa shape index (κ2) is 6.05. The molecule has 0 aromatic heterocycles. The Morgan fingerprint density at radius 1 is 1.22 bits per heavy atom. The maximum absolute atomic E-state index is 12.4. The van der Waals surface area contributed by atoms with Crippen molar-refractivity contribution in [1.82, 2.24) is 0 Å². The van der Waals surface area contributed by atoms with E-state index in [9.17, 15) is 23.3 Å². The van der Waals surface area contributed by atoms with Crippen LogP contribution in [-0.4, -0.2) is 19.2 Å². The minimum atomic E-state index is -4.04. The molecule has 0 radical (unpaired) electrons. The van der Waals surface area contributed by atoms with E-state index in [0.29, 0.717) is 5.56 Å². The van der Waals surface area contributed by atoms with Gasteiger partial charge in [-0.25, -0.2) is 8.42 Å². The summed E-state index contributed by atoms with van der Waals surface area (Å²) < 4.78 is 27.0. The first kappa shape index (κ1) is 16.4. The van der Waals surface area contributed by atoms with Gasteiger partial charge < -0.3 is 5.73 Å². The molecule has 9 heteroatoms. The van der Waals surface area contributed by atoms with Gasteiger partial charge in [-0.05, 0) is 30.7 Å². The highest BCUT2D eigenvalue weighted by molar-refractivity contribution is 7.92. The molecule has 0 aliphatic heterocycles. The zero-order valence-corrected chi connectivity index (χ0v) is 12.8. The van der Waals surface area contributed by atoms with Crippen molar-refractivity contribution in [3.8, 4) is 0 Å². The Hall–Kier alpha value is -2.94. The zero-order chi connectivity index (χ0) is 17.2. The van der Waals surface area contributed by atoms with E-state index < -0.39 is 20.9 Å². The summed E-state index contributed by atoms with van der Waals surface area (Å²) in [7, 11) is -4.04. The molecule has 23 heavy (non-hydrogen) atoms. The van der Waals surface area contributed by atoms with Gasteiger partial charge in [-0.2, -0.15) is 0 Å². The largest absolute Gasteiger partial charge is 0.366 e. The van der Waals surface area contributed by atoms with Gasteiger partial charge in [0.05, 0.1) is 15.5 Å². The van der Waals surface area contributed by atoms with Gasteiger partial charge in [-0.15, -0.1) is 0 Å². The molecule has 0 saturated carbocycles. The molecule has 2 aromatic carbocycles. The molecular weight excluding hydrogens is 322 g/mol. The van der Waals surface area contributed by atoms with Crippen LogP contribution in [0.15, 0.2) is 47.4 Å². The lowest BCUT2D eigenvalue weighted by Gasteiger charge is -2.12. The quantitative estimate of drug-likeness (QED) is 0.635. The normalized spacial score (nSPS) is 11.0. The number of sulfonamides is 1. The van der Waals surface area contributed by atoms with Gasteiger partial charge in [-0.1, -0.05) is 12.1 Å². The molecular formula is C14H13N3O5S. The first-order chi connectivity index (χ1) is 10.7. The van der Waals surface area contributed by atoms with Crippen molar-refractivity contribution in [3.63, 3.8) is 0 Å². The Morgan fingerprint density at radius 3 is 2.48 bits per heavy atom. The van der Waals surface area contributed by atoms with Crippen molar-refractivity contribution in [2.45, 2.75) is 11.8 Å². The average Bonchev–Trinajstić information content (AvgIpc) is 2.49. The summed E-state index contributed by atoms with van der Waals surface area (Å²) in [5.41, 5.74) is 5.61. The van der Waals surface area contributed by atoms with Gasteiger partial charge in [0.15, 0.2) is 0 Å². The minimum Gasteiger partial charge on any atom is -0.366 e. The number of anilines is 1. The molecule has 3 N–H and O–H groups in total. The van der Waals surface area contributed by atoms with Crippen LogP contribution in [0.3, 0.4) is 0 Å². The van der Waals surface area contributed by atoms with E-state index in [1.807, 2.05) is 0 Å². The average molecular weight is 335 g/mol. The third-order valence-corrected chi connectivity index (χ3v) is 4.55. The van der Waals surface area contributed by atoms with Gasteiger partial charge in [0.1, 0.15) is 0 Å². The molecule has 8 nitrogen and oxygen atoms in total. The van der Waals surface area contributed by atoms with E-state index in [1.54, 1.807) is 6.92 Å². The lowest BCUT2D eigenvalue weighted by molar-refractivity contribution is -0.385. The standard InChI is InChI=1S/C14H13N3O5S/c1-9-12(14(15)18)6-3-7-13(9)16-23(21,22)11-5-2-4-10(8-11)17(19)20/h2-8,16H,1H3,(H2,15,18). The molecule has 0 fully saturated rings. The Morgan fingerprint density at radius 2 is 1.87 bits per heavy atom. The Kier molecular flexibility index (Phi) is 4.32. The van der Waals surface area contributed by atoms with Crippen LogP contribution < -0.4 is 10.5 Å². The van der Waals surface area contributed by atoms with E-state index in [0.717, 1.165) is 6.07 Å². The number of carbonyl (C=O) groups is 1.